The molecule has 0 radical (unpaired) electrons. The molecule has 118 valence electrons. The van der Waals surface area contributed by atoms with E-state index in [1.54, 1.807) is 0 Å². The molecule has 0 bridgehead atoms. The number of aliphatic hydroxyl groups is 1. The highest BCUT2D eigenvalue weighted by molar-refractivity contribution is 5.49. The molecule has 0 aliphatic carbocycles. The fourth-order valence-electron chi connectivity index (χ4n) is 2.75. The van der Waals surface area contributed by atoms with Gasteiger partial charge in [-0.3, -0.25) is 0 Å². The summed E-state index contributed by atoms with van der Waals surface area (Å²) >= 11 is 0. The predicted molar refractivity (Wildman–Crippen MR) is 86.8 cm³/mol. The van der Waals surface area contributed by atoms with Gasteiger partial charge in [-0.2, -0.15) is 0 Å². The van der Waals surface area contributed by atoms with Crippen LogP contribution in [0.2, 0.25) is 0 Å². The summed E-state index contributed by atoms with van der Waals surface area (Å²) in [6.07, 6.45) is 5.28. The molecule has 1 aromatic heterocycles. The molecule has 1 aliphatic heterocycles. The van der Waals surface area contributed by atoms with Crippen LogP contribution in [-0.2, 0) is 6.42 Å². The van der Waals surface area contributed by atoms with Crippen molar-refractivity contribution in [3.8, 4) is 0 Å². The summed E-state index contributed by atoms with van der Waals surface area (Å²) in [4.78, 5) is 11.6. The van der Waals surface area contributed by atoms with Gasteiger partial charge < -0.3 is 15.3 Å². The number of anilines is 2. The smallest absolute Gasteiger partial charge is 0.134 e. The fourth-order valence-corrected chi connectivity index (χ4v) is 2.75. The van der Waals surface area contributed by atoms with Crippen molar-refractivity contribution < 1.29 is 5.11 Å². The van der Waals surface area contributed by atoms with Gasteiger partial charge in [-0.1, -0.05) is 13.8 Å². The van der Waals surface area contributed by atoms with Gasteiger partial charge in [-0.05, 0) is 31.6 Å². The van der Waals surface area contributed by atoms with Crippen LogP contribution in [0.25, 0.3) is 0 Å². The van der Waals surface area contributed by atoms with Gasteiger partial charge in [0.2, 0.25) is 0 Å². The van der Waals surface area contributed by atoms with Crippen LogP contribution in [0.15, 0.2) is 6.07 Å². The molecule has 1 fully saturated rings. The van der Waals surface area contributed by atoms with Crippen molar-refractivity contribution in [3.05, 3.63) is 11.9 Å². The number of aromatic nitrogens is 2. The zero-order valence-corrected chi connectivity index (χ0v) is 13.3. The molecule has 1 aliphatic rings. The number of hydrogen-bond donors (Lipinski definition) is 2. The maximum Gasteiger partial charge on any atom is 0.134 e. The van der Waals surface area contributed by atoms with Gasteiger partial charge in [0.1, 0.15) is 17.5 Å². The minimum atomic E-state index is 0.268. The van der Waals surface area contributed by atoms with E-state index in [0.29, 0.717) is 5.92 Å². The summed E-state index contributed by atoms with van der Waals surface area (Å²) in [5, 5.41) is 12.8. The Hall–Kier alpha value is -1.36. The Morgan fingerprint density at radius 2 is 2.19 bits per heavy atom. The number of hydrogen-bond acceptors (Lipinski definition) is 5. The average molecular weight is 292 g/mol. The minimum Gasteiger partial charge on any atom is -0.396 e. The van der Waals surface area contributed by atoms with Crippen LogP contribution in [0.4, 0.5) is 11.6 Å². The molecule has 1 unspecified atom stereocenters. The topological polar surface area (TPSA) is 61.3 Å². The third kappa shape index (κ3) is 4.56. The first-order valence-corrected chi connectivity index (χ1v) is 8.24. The van der Waals surface area contributed by atoms with E-state index in [-0.39, 0.29) is 6.61 Å². The summed E-state index contributed by atoms with van der Waals surface area (Å²) in [6.45, 7) is 7.42. The first-order chi connectivity index (χ1) is 10.3. The van der Waals surface area contributed by atoms with Crippen LogP contribution in [0.1, 0.15) is 45.4 Å². The average Bonchev–Trinajstić information content (AvgIpc) is 2.53. The van der Waals surface area contributed by atoms with Gasteiger partial charge in [0, 0.05) is 38.7 Å². The Balaban J connectivity index is 2.17. The van der Waals surface area contributed by atoms with Crippen LogP contribution < -0.4 is 10.2 Å². The Morgan fingerprint density at radius 3 is 2.90 bits per heavy atom. The van der Waals surface area contributed by atoms with Gasteiger partial charge in [0.25, 0.3) is 0 Å². The van der Waals surface area contributed by atoms with Crippen molar-refractivity contribution in [1.29, 1.82) is 0 Å². The molecule has 1 aromatic rings. The van der Waals surface area contributed by atoms with E-state index in [2.05, 4.69) is 35.1 Å². The fraction of sp³-hybridized carbons (Fsp3) is 0.750. The second kappa shape index (κ2) is 8.17. The van der Waals surface area contributed by atoms with Gasteiger partial charge in [-0.25, -0.2) is 9.97 Å². The molecule has 2 N–H and O–H groups in total. The van der Waals surface area contributed by atoms with Crippen LogP contribution in [-0.4, -0.2) is 41.3 Å². The molecule has 1 saturated heterocycles. The van der Waals surface area contributed by atoms with Gasteiger partial charge in [-0.15, -0.1) is 0 Å². The molecule has 0 spiro atoms. The molecule has 21 heavy (non-hydrogen) atoms. The predicted octanol–water partition coefficient (Wildman–Crippen LogP) is 2.46. The largest absolute Gasteiger partial charge is 0.396 e. The van der Waals surface area contributed by atoms with Crippen molar-refractivity contribution >= 4 is 11.6 Å². The molecule has 2 heterocycles. The Kier molecular flexibility index (Phi) is 6.23. The van der Waals surface area contributed by atoms with E-state index >= 15 is 0 Å². The second-order valence-electron chi connectivity index (χ2n) is 5.84. The molecule has 0 aromatic carbocycles. The first kappa shape index (κ1) is 16.0. The molecule has 2 rings (SSSR count). The van der Waals surface area contributed by atoms with Crippen LogP contribution in [0.5, 0.6) is 0 Å². The molecule has 5 nitrogen and oxygen atoms in total. The highest BCUT2D eigenvalue weighted by Crippen LogP contribution is 2.23. The molecule has 5 heteroatoms. The Labute approximate surface area is 127 Å². The lowest BCUT2D eigenvalue weighted by Gasteiger charge is -2.33. The summed E-state index contributed by atoms with van der Waals surface area (Å²) in [6, 6.07) is 2.05. The third-order valence-electron chi connectivity index (χ3n) is 3.89. The van der Waals surface area contributed by atoms with Crippen molar-refractivity contribution in [2.45, 2.75) is 46.0 Å². The van der Waals surface area contributed by atoms with Gasteiger partial charge in [0.05, 0.1) is 0 Å². The third-order valence-corrected chi connectivity index (χ3v) is 3.89. The summed E-state index contributed by atoms with van der Waals surface area (Å²) in [5.74, 6) is 3.22. The number of rotatable bonds is 7. The highest BCUT2D eigenvalue weighted by Gasteiger charge is 2.21. The standard InChI is InChI=1S/C16H28N4O/c1-3-6-14-18-15(17-8-4-2)10-16(19-14)20-9-5-7-13(11-20)12-21/h10,13,21H,3-9,11-12H2,1-2H3,(H,17,18,19). The normalized spacial score (nSPS) is 18.8. The number of aryl methyl sites for hydroxylation is 1. The summed E-state index contributed by atoms with van der Waals surface area (Å²) in [7, 11) is 0. The SMILES string of the molecule is CCCNc1cc(N2CCCC(CO)C2)nc(CCC)n1. The maximum atomic E-state index is 9.39. The molecule has 0 saturated carbocycles. The van der Waals surface area contributed by atoms with Crippen molar-refractivity contribution in [1.82, 2.24) is 9.97 Å². The monoisotopic (exact) mass is 292 g/mol. The summed E-state index contributed by atoms with van der Waals surface area (Å²) < 4.78 is 0. The van der Waals surface area contributed by atoms with Crippen molar-refractivity contribution in [2.75, 3.05) is 36.5 Å². The van der Waals surface area contributed by atoms with E-state index < -0.39 is 0 Å². The molecular weight excluding hydrogens is 264 g/mol. The van der Waals surface area contributed by atoms with Crippen LogP contribution >= 0.6 is 0 Å². The van der Waals surface area contributed by atoms with Gasteiger partial charge >= 0.3 is 0 Å². The van der Waals surface area contributed by atoms with E-state index in [1.807, 2.05) is 0 Å². The number of nitrogens with one attached hydrogen (secondary N) is 1. The number of piperidine rings is 1. The molecule has 0 amide bonds. The van der Waals surface area contributed by atoms with Crippen LogP contribution in [0, 0.1) is 5.92 Å². The van der Waals surface area contributed by atoms with Crippen molar-refractivity contribution in [3.63, 3.8) is 0 Å². The van der Waals surface area contributed by atoms with E-state index in [4.69, 9.17) is 4.98 Å². The highest BCUT2D eigenvalue weighted by atomic mass is 16.3. The molecular formula is C16H28N4O. The lowest BCUT2D eigenvalue weighted by atomic mass is 9.99. The second-order valence-corrected chi connectivity index (χ2v) is 5.84. The van der Waals surface area contributed by atoms with E-state index in [1.165, 1.54) is 0 Å². The lowest BCUT2D eigenvalue weighted by Crippen LogP contribution is -2.37. The van der Waals surface area contributed by atoms with Crippen molar-refractivity contribution in [2.24, 2.45) is 5.92 Å². The lowest BCUT2D eigenvalue weighted by molar-refractivity contribution is 0.208. The zero-order valence-electron chi connectivity index (χ0n) is 13.3. The first-order valence-electron chi connectivity index (χ1n) is 8.24. The quantitative estimate of drug-likeness (QED) is 0.808. The number of nitrogens with zero attached hydrogens (tertiary/aromatic N) is 3. The summed E-state index contributed by atoms with van der Waals surface area (Å²) in [5.41, 5.74) is 0. The van der Waals surface area contributed by atoms with Gasteiger partial charge in [0.15, 0.2) is 0 Å². The van der Waals surface area contributed by atoms with E-state index in [9.17, 15) is 5.11 Å². The minimum absolute atomic E-state index is 0.268. The zero-order chi connectivity index (χ0) is 15.1. The van der Waals surface area contributed by atoms with Crippen LogP contribution in [0.3, 0.4) is 0 Å². The molecule has 1 atom stereocenters. The Bertz CT molecular complexity index is 438. The van der Waals surface area contributed by atoms with E-state index in [0.717, 1.165) is 69.2 Å². The number of aliphatic hydroxyl groups excluding tert-OH is 1. The Morgan fingerprint density at radius 1 is 1.33 bits per heavy atom. The maximum absolute atomic E-state index is 9.39.